The van der Waals surface area contributed by atoms with Gasteiger partial charge in [0.05, 0.1) is 12.3 Å². The van der Waals surface area contributed by atoms with Crippen LogP contribution in [0.3, 0.4) is 0 Å². The van der Waals surface area contributed by atoms with Crippen LogP contribution in [0.2, 0.25) is 0 Å². The van der Waals surface area contributed by atoms with E-state index in [1.807, 2.05) is 0 Å². The molecule has 17 heavy (non-hydrogen) atoms. The lowest BCUT2D eigenvalue weighted by atomic mass is 10.1. The van der Waals surface area contributed by atoms with Crippen LogP contribution in [0.5, 0.6) is 5.75 Å². The van der Waals surface area contributed by atoms with Crippen LogP contribution in [0.1, 0.15) is 30.6 Å². The van der Waals surface area contributed by atoms with Gasteiger partial charge in [0.15, 0.2) is 0 Å². The van der Waals surface area contributed by atoms with Gasteiger partial charge in [0.2, 0.25) is 0 Å². The maximum absolute atomic E-state index is 11.4. The molecule has 94 valence electrons. The van der Waals surface area contributed by atoms with Crippen molar-refractivity contribution in [1.29, 1.82) is 0 Å². The summed E-state index contributed by atoms with van der Waals surface area (Å²) < 4.78 is 5.56. The normalized spacial score (nSPS) is 10.4. The number of hydrogen-bond acceptors (Lipinski definition) is 3. The number of nitrogen functional groups attached to an aromatic ring is 1. The summed E-state index contributed by atoms with van der Waals surface area (Å²) in [4.78, 5) is 11.4. The number of amides is 1. The van der Waals surface area contributed by atoms with Crippen LogP contribution in [0.25, 0.3) is 0 Å². The van der Waals surface area contributed by atoms with Gasteiger partial charge in [0.1, 0.15) is 5.75 Å². The van der Waals surface area contributed by atoms with Gasteiger partial charge in [-0.1, -0.05) is 13.8 Å². The molecule has 0 heterocycles. The Labute approximate surface area is 102 Å². The molecule has 0 radical (unpaired) electrons. The Bertz CT molecular complexity index is 389. The van der Waals surface area contributed by atoms with Crippen LogP contribution in [0, 0.1) is 5.92 Å². The number of carbonyl (C=O) groups excluding carboxylic acids is 1. The highest BCUT2D eigenvalue weighted by Gasteiger charge is 2.07. The Morgan fingerprint density at radius 1 is 1.47 bits per heavy atom. The lowest BCUT2D eigenvalue weighted by Crippen LogP contribution is -2.18. The molecule has 0 spiro atoms. The van der Waals surface area contributed by atoms with Crippen molar-refractivity contribution < 1.29 is 9.53 Å². The standard InChI is InChI=1S/C13H20N2O2/c1-9(2)6-7-17-12-5-4-10(8-11(12)14)13(16)15-3/h4-5,8-9H,6-7,14H2,1-3H3,(H,15,16). The van der Waals surface area contributed by atoms with Crippen molar-refractivity contribution in [2.45, 2.75) is 20.3 Å². The van der Waals surface area contributed by atoms with Crippen molar-refractivity contribution in [3.63, 3.8) is 0 Å². The van der Waals surface area contributed by atoms with Crippen molar-refractivity contribution in [3.05, 3.63) is 23.8 Å². The molecule has 0 aliphatic carbocycles. The van der Waals surface area contributed by atoms with Gasteiger partial charge < -0.3 is 15.8 Å². The third kappa shape index (κ3) is 3.98. The second-order valence-corrected chi connectivity index (χ2v) is 4.36. The number of rotatable bonds is 5. The molecule has 3 N–H and O–H groups in total. The summed E-state index contributed by atoms with van der Waals surface area (Å²) >= 11 is 0. The molecule has 0 aromatic heterocycles. The highest BCUT2D eigenvalue weighted by atomic mass is 16.5. The molecule has 1 aromatic carbocycles. The Kier molecular flexibility index (Phi) is 4.82. The predicted octanol–water partition coefficient (Wildman–Crippen LogP) is 2.05. The SMILES string of the molecule is CNC(=O)c1ccc(OCCC(C)C)c(N)c1. The van der Waals surface area contributed by atoms with Gasteiger partial charge in [-0.3, -0.25) is 4.79 Å². The fraction of sp³-hybridized carbons (Fsp3) is 0.462. The monoisotopic (exact) mass is 236 g/mol. The molecule has 4 heteroatoms. The van der Waals surface area contributed by atoms with E-state index in [9.17, 15) is 4.79 Å². The molecule has 1 rings (SSSR count). The van der Waals surface area contributed by atoms with E-state index in [-0.39, 0.29) is 5.91 Å². The molecule has 0 aliphatic rings. The van der Waals surface area contributed by atoms with Crippen molar-refractivity contribution in [2.75, 3.05) is 19.4 Å². The van der Waals surface area contributed by atoms with E-state index < -0.39 is 0 Å². The Hall–Kier alpha value is -1.71. The number of carbonyl (C=O) groups is 1. The molecular weight excluding hydrogens is 216 g/mol. The third-order valence-corrected chi connectivity index (χ3v) is 2.45. The second kappa shape index (κ2) is 6.13. The van der Waals surface area contributed by atoms with Crippen LogP contribution >= 0.6 is 0 Å². The van der Waals surface area contributed by atoms with E-state index >= 15 is 0 Å². The van der Waals surface area contributed by atoms with Gasteiger partial charge >= 0.3 is 0 Å². The summed E-state index contributed by atoms with van der Waals surface area (Å²) in [6.07, 6.45) is 0.983. The van der Waals surface area contributed by atoms with Crippen molar-refractivity contribution >= 4 is 11.6 Å². The first-order chi connectivity index (χ1) is 8.04. The van der Waals surface area contributed by atoms with E-state index in [1.54, 1.807) is 25.2 Å². The van der Waals surface area contributed by atoms with E-state index in [0.717, 1.165) is 6.42 Å². The number of nitrogens with one attached hydrogen (secondary N) is 1. The molecule has 1 aromatic rings. The summed E-state index contributed by atoms with van der Waals surface area (Å²) in [5.41, 5.74) is 6.86. The number of anilines is 1. The van der Waals surface area contributed by atoms with Gasteiger partial charge in [-0.15, -0.1) is 0 Å². The van der Waals surface area contributed by atoms with Crippen LogP contribution < -0.4 is 15.8 Å². The maximum Gasteiger partial charge on any atom is 0.251 e. The minimum absolute atomic E-state index is 0.148. The number of ether oxygens (including phenoxy) is 1. The molecular formula is C13H20N2O2. The van der Waals surface area contributed by atoms with Crippen molar-refractivity contribution in [1.82, 2.24) is 5.32 Å². The van der Waals surface area contributed by atoms with Gasteiger partial charge in [0, 0.05) is 12.6 Å². The van der Waals surface area contributed by atoms with Crippen LogP contribution in [0.15, 0.2) is 18.2 Å². The largest absolute Gasteiger partial charge is 0.491 e. The highest BCUT2D eigenvalue weighted by molar-refractivity contribution is 5.95. The lowest BCUT2D eigenvalue weighted by molar-refractivity contribution is 0.0963. The van der Waals surface area contributed by atoms with Crippen molar-refractivity contribution in [2.24, 2.45) is 5.92 Å². The van der Waals surface area contributed by atoms with Crippen molar-refractivity contribution in [3.8, 4) is 5.75 Å². The number of hydrogen-bond donors (Lipinski definition) is 2. The zero-order valence-electron chi connectivity index (χ0n) is 10.6. The first kappa shape index (κ1) is 13.4. The average molecular weight is 236 g/mol. The first-order valence-corrected chi connectivity index (χ1v) is 5.79. The molecule has 4 nitrogen and oxygen atoms in total. The summed E-state index contributed by atoms with van der Waals surface area (Å²) in [6, 6.07) is 5.07. The van der Waals surface area contributed by atoms with Crippen LogP contribution in [0.4, 0.5) is 5.69 Å². The van der Waals surface area contributed by atoms with Gasteiger partial charge in [0.25, 0.3) is 5.91 Å². The Balaban J connectivity index is 2.66. The summed E-state index contributed by atoms with van der Waals surface area (Å²) in [5, 5.41) is 2.55. The maximum atomic E-state index is 11.4. The van der Waals surface area contributed by atoms with E-state index in [1.165, 1.54) is 0 Å². The third-order valence-electron chi connectivity index (χ3n) is 2.45. The van der Waals surface area contributed by atoms with Crippen LogP contribution in [-0.4, -0.2) is 19.6 Å². The summed E-state index contributed by atoms with van der Waals surface area (Å²) in [7, 11) is 1.59. The summed E-state index contributed by atoms with van der Waals surface area (Å²) in [5.74, 6) is 1.09. The Morgan fingerprint density at radius 2 is 2.18 bits per heavy atom. The average Bonchev–Trinajstić information content (AvgIpc) is 2.29. The minimum atomic E-state index is -0.148. The lowest BCUT2D eigenvalue weighted by Gasteiger charge is -2.11. The fourth-order valence-electron chi connectivity index (χ4n) is 1.37. The molecule has 0 atom stereocenters. The zero-order chi connectivity index (χ0) is 12.8. The zero-order valence-corrected chi connectivity index (χ0v) is 10.6. The number of benzene rings is 1. The highest BCUT2D eigenvalue weighted by Crippen LogP contribution is 2.23. The van der Waals surface area contributed by atoms with Gasteiger partial charge in [-0.25, -0.2) is 0 Å². The molecule has 0 bridgehead atoms. The molecule has 0 saturated carbocycles. The first-order valence-electron chi connectivity index (χ1n) is 5.79. The van der Waals surface area contributed by atoms with E-state index in [0.29, 0.717) is 29.5 Å². The predicted molar refractivity (Wildman–Crippen MR) is 69.2 cm³/mol. The Morgan fingerprint density at radius 3 is 2.71 bits per heavy atom. The molecule has 0 saturated heterocycles. The second-order valence-electron chi connectivity index (χ2n) is 4.36. The topological polar surface area (TPSA) is 64.3 Å². The van der Waals surface area contributed by atoms with E-state index in [2.05, 4.69) is 19.2 Å². The van der Waals surface area contributed by atoms with E-state index in [4.69, 9.17) is 10.5 Å². The molecule has 0 fully saturated rings. The minimum Gasteiger partial charge on any atom is -0.491 e. The molecule has 1 amide bonds. The van der Waals surface area contributed by atoms with Gasteiger partial charge in [-0.2, -0.15) is 0 Å². The quantitative estimate of drug-likeness (QED) is 0.769. The molecule has 0 aliphatic heterocycles. The fourth-order valence-corrected chi connectivity index (χ4v) is 1.37. The van der Waals surface area contributed by atoms with Crippen LogP contribution in [-0.2, 0) is 0 Å². The number of nitrogens with two attached hydrogens (primary N) is 1. The summed E-state index contributed by atoms with van der Waals surface area (Å²) in [6.45, 7) is 4.92. The molecule has 0 unspecified atom stereocenters. The smallest absolute Gasteiger partial charge is 0.251 e. The van der Waals surface area contributed by atoms with Gasteiger partial charge in [-0.05, 0) is 30.5 Å².